The van der Waals surface area contributed by atoms with Gasteiger partial charge in [-0.15, -0.1) is 5.06 Å². The maximum atomic E-state index is 12.9. The molecule has 2 N–H and O–H groups in total. The minimum absolute atomic E-state index is 0.176. The van der Waals surface area contributed by atoms with Crippen molar-refractivity contribution in [3.05, 3.63) is 63.6 Å². The van der Waals surface area contributed by atoms with Crippen LogP contribution in [-0.2, 0) is 24.5 Å². The summed E-state index contributed by atoms with van der Waals surface area (Å²) < 4.78 is 6.31. The van der Waals surface area contributed by atoms with Gasteiger partial charge in [-0.05, 0) is 47.4 Å². The largest absolute Gasteiger partial charge is 0.525 e. The number of nitrogens with one attached hydrogen (secondary N) is 1. The van der Waals surface area contributed by atoms with E-state index in [1.165, 1.54) is 16.2 Å². The molecule has 4 rings (SSSR count). The second-order valence-corrected chi connectivity index (χ2v) is 10.1. The predicted octanol–water partition coefficient (Wildman–Crippen LogP) is 4.01. The first-order valence-corrected chi connectivity index (χ1v) is 11.5. The van der Waals surface area contributed by atoms with Crippen LogP contribution in [0, 0.1) is 11.3 Å². The summed E-state index contributed by atoms with van der Waals surface area (Å²) in [5.41, 5.74) is 3.14. The number of pyridine rings is 1. The third kappa shape index (κ3) is 5.75. The molecule has 1 aromatic carbocycles. The molecule has 0 amide bonds. The van der Waals surface area contributed by atoms with Crippen LogP contribution in [0.3, 0.4) is 0 Å². The summed E-state index contributed by atoms with van der Waals surface area (Å²) in [6.07, 6.45) is 0.00701. The highest BCUT2D eigenvalue weighted by atomic mass is 16.8. The van der Waals surface area contributed by atoms with E-state index >= 15 is 0 Å². The van der Waals surface area contributed by atoms with Crippen molar-refractivity contribution in [2.75, 3.05) is 13.1 Å². The Bertz CT molecular complexity index is 1010. The van der Waals surface area contributed by atoms with E-state index in [0.717, 1.165) is 31.6 Å². The Morgan fingerprint density at radius 1 is 1.12 bits per heavy atom. The van der Waals surface area contributed by atoms with Gasteiger partial charge in [-0.25, -0.2) is 4.79 Å². The zero-order chi connectivity index (χ0) is 23.6. The van der Waals surface area contributed by atoms with Crippen LogP contribution in [0.4, 0.5) is 4.79 Å². The first-order valence-electron chi connectivity index (χ1n) is 11.5. The van der Waals surface area contributed by atoms with Gasteiger partial charge in [0.25, 0.3) is 5.56 Å². The van der Waals surface area contributed by atoms with Gasteiger partial charge in [-0.2, -0.15) is 0 Å². The van der Waals surface area contributed by atoms with Crippen LogP contribution in [-0.4, -0.2) is 45.4 Å². The summed E-state index contributed by atoms with van der Waals surface area (Å²) in [5, 5.41) is 10.3. The first-order chi connectivity index (χ1) is 15.7. The standard InChI is InChI=1S/C25H33N3O5/c1-25(2,3)22(17-10-12-28(13-11-17)33-24(30)31)32-21-9-8-20(26-23(21)29)16-27-14-18-6-4-5-7-19(18)15-27/h4-9,17,22H,10-16H2,1-3H3,(H,26,29)(H,30,31). The monoisotopic (exact) mass is 455 g/mol. The van der Waals surface area contributed by atoms with Crippen molar-refractivity contribution in [1.82, 2.24) is 14.9 Å². The molecule has 0 radical (unpaired) electrons. The molecule has 33 heavy (non-hydrogen) atoms. The lowest BCUT2D eigenvalue weighted by atomic mass is 9.77. The molecule has 0 bridgehead atoms. The number of H-pyrrole nitrogens is 1. The molecule has 8 nitrogen and oxygen atoms in total. The molecule has 0 saturated carbocycles. The topological polar surface area (TPSA) is 95.1 Å². The number of carbonyl (C=O) groups is 1. The van der Waals surface area contributed by atoms with Crippen LogP contribution < -0.4 is 10.3 Å². The summed E-state index contributed by atoms with van der Waals surface area (Å²) in [5.74, 6) is 0.522. The number of benzene rings is 1. The minimum Gasteiger partial charge on any atom is -0.484 e. The Morgan fingerprint density at radius 3 is 2.30 bits per heavy atom. The Labute approximate surface area is 194 Å². The van der Waals surface area contributed by atoms with E-state index in [4.69, 9.17) is 14.7 Å². The zero-order valence-corrected chi connectivity index (χ0v) is 19.5. The van der Waals surface area contributed by atoms with Crippen molar-refractivity contribution in [3.8, 4) is 5.75 Å². The average Bonchev–Trinajstić information content (AvgIpc) is 3.15. The van der Waals surface area contributed by atoms with E-state index in [0.29, 0.717) is 25.4 Å². The smallest absolute Gasteiger partial charge is 0.484 e. The van der Waals surface area contributed by atoms with Gasteiger partial charge < -0.3 is 19.7 Å². The summed E-state index contributed by atoms with van der Waals surface area (Å²) >= 11 is 0. The third-order valence-corrected chi connectivity index (χ3v) is 6.48. The number of aromatic amines is 1. The average molecular weight is 456 g/mol. The Morgan fingerprint density at radius 2 is 1.76 bits per heavy atom. The molecule has 2 aliphatic heterocycles. The van der Waals surface area contributed by atoms with Gasteiger partial charge in [-0.3, -0.25) is 9.69 Å². The molecule has 1 atom stereocenters. The van der Waals surface area contributed by atoms with Gasteiger partial charge in [-0.1, -0.05) is 45.0 Å². The van der Waals surface area contributed by atoms with Crippen LogP contribution >= 0.6 is 0 Å². The van der Waals surface area contributed by atoms with E-state index in [9.17, 15) is 9.59 Å². The maximum Gasteiger partial charge on any atom is 0.525 e. The fraction of sp³-hybridized carbons (Fsp3) is 0.520. The molecule has 2 aromatic rings. The molecule has 3 heterocycles. The molecular weight excluding hydrogens is 422 g/mol. The lowest BCUT2D eigenvalue weighted by Crippen LogP contribution is -2.46. The van der Waals surface area contributed by atoms with Crippen molar-refractivity contribution < 1.29 is 19.5 Å². The lowest BCUT2D eigenvalue weighted by molar-refractivity contribution is -0.144. The summed E-state index contributed by atoms with van der Waals surface area (Å²) in [6, 6.07) is 12.1. The number of aromatic nitrogens is 1. The lowest BCUT2D eigenvalue weighted by Gasteiger charge is -2.40. The summed E-state index contributed by atoms with van der Waals surface area (Å²) in [4.78, 5) is 33.7. The number of hydrogen-bond donors (Lipinski definition) is 2. The fourth-order valence-electron chi connectivity index (χ4n) is 4.94. The molecule has 2 aliphatic rings. The SMILES string of the molecule is CC(C)(C)C(Oc1ccc(CN2Cc3ccccc3C2)[nH]c1=O)C1CCN(OC(=O)O)CC1. The molecule has 1 saturated heterocycles. The van der Waals surface area contributed by atoms with Crippen molar-refractivity contribution in [1.29, 1.82) is 0 Å². The number of fused-ring (bicyclic) bond motifs is 1. The van der Waals surface area contributed by atoms with Gasteiger partial charge in [0.2, 0.25) is 0 Å². The number of hydrogen-bond acceptors (Lipinski definition) is 6. The van der Waals surface area contributed by atoms with E-state index in [2.05, 4.69) is 54.9 Å². The van der Waals surface area contributed by atoms with Crippen molar-refractivity contribution >= 4 is 6.16 Å². The van der Waals surface area contributed by atoms with Gasteiger partial charge in [0.1, 0.15) is 6.10 Å². The summed E-state index contributed by atoms with van der Waals surface area (Å²) in [7, 11) is 0. The molecule has 8 heteroatoms. The molecule has 1 fully saturated rings. The van der Waals surface area contributed by atoms with Gasteiger partial charge in [0, 0.05) is 38.4 Å². The molecule has 1 aromatic heterocycles. The molecule has 0 aliphatic carbocycles. The molecule has 0 spiro atoms. The number of hydroxylamine groups is 2. The van der Waals surface area contributed by atoms with E-state index in [1.807, 2.05) is 6.07 Å². The van der Waals surface area contributed by atoms with Crippen LogP contribution in [0.25, 0.3) is 0 Å². The fourth-order valence-corrected chi connectivity index (χ4v) is 4.94. The minimum atomic E-state index is -1.29. The summed E-state index contributed by atoms with van der Waals surface area (Å²) in [6.45, 7) is 9.78. The zero-order valence-electron chi connectivity index (χ0n) is 19.5. The van der Waals surface area contributed by atoms with Crippen molar-refractivity contribution in [2.45, 2.75) is 59.4 Å². The quantitative estimate of drug-likeness (QED) is 0.680. The Kier molecular flexibility index (Phi) is 6.76. The Balaban J connectivity index is 1.40. The highest BCUT2D eigenvalue weighted by molar-refractivity contribution is 5.56. The number of nitrogens with zero attached hydrogens (tertiary/aromatic N) is 2. The van der Waals surface area contributed by atoms with Gasteiger partial charge in [0.15, 0.2) is 5.75 Å². The first kappa shape index (κ1) is 23.3. The van der Waals surface area contributed by atoms with E-state index in [-0.39, 0.29) is 23.0 Å². The Hall–Kier alpha value is -2.84. The van der Waals surface area contributed by atoms with Crippen LogP contribution in [0.1, 0.15) is 50.4 Å². The van der Waals surface area contributed by atoms with E-state index < -0.39 is 6.16 Å². The van der Waals surface area contributed by atoms with Crippen LogP contribution in [0.15, 0.2) is 41.2 Å². The predicted molar refractivity (Wildman–Crippen MR) is 124 cm³/mol. The van der Waals surface area contributed by atoms with Crippen molar-refractivity contribution in [2.24, 2.45) is 11.3 Å². The number of ether oxygens (including phenoxy) is 1. The van der Waals surface area contributed by atoms with E-state index in [1.54, 1.807) is 6.07 Å². The number of piperidine rings is 1. The normalized spacial score (nSPS) is 18.6. The number of carboxylic acid groups (broad SMARTS) is 1. The molecule has 178 valence electrons. The highest BCUT2D eigenvalue weighted by Crippen LogP contribution is 2.34. The van der Waals surface area contributed by atoms with Gasteiger partial charge in [0.05, 0.1) is 0 Å². The highest BCUT2D eigenvalue weighted by Gasteiger charge is 2.37. The van der Waals surface area contributed by atoms with Crippen LogP contribution in [0.5, 0.6) is 5.75 Å². The van der Waals surface area contributed by atoms with Crippen LogP contribution in [0.2, 0.25) is 0 Å². The maximum absolute atomic E-state index is 12.9. The van der Waals surface area contributed by atoms with Gasteiger partial charge >= 0.3 is 6.16 Å². The third-order valence-electron chi connectivity index (χ3n) is 6.48. The molecule has 1 unspecified atom stereocenters. The number of rotatable bonds is 6. The van der Waals surface area contributed by atoms with Crippen molar-refractivity contribution in [3.63, 3.8) is 0 Å². The second kappa shape index (κ2) is 9.57. The molecular formula is C25H33N3O5. The second-order valence-electron chi connectivity index (χ2n) is 10.1.